The number of nitrogens with one attached hydrogen (secondary N) is 1. The van der Waals surface area contributed by atoms with E-state index in [0.29, 0.717) is 21.6 Å². The third-order valence-electron chi connectivity index (χ3n) is 3.21. The zero-order valence-electron chi connectivity index (χ0n) is 11.8. The lowest BCUT2D eigenvalue weighted by molar-refractivity contribution is 0.252. The van der Waals surface area contributed by atoms with E-state index < -0.39 is 0 Å². The van der Waals surface area contributed by atoms with E-state index in [-0.39, 0.29) is 11.5 Å². The predicted octanol–water partition coefficient (Wildman–Crippen LogP) is 3.20. The molecule has 0 spiro atoms. The number of amides is 1. The Bertz CT molecular complexity index is 891. The van der Waals surface area contributed by atoms with Crippen LogP contribution >= 0.6 is 11.8 Å². The van der Waals surface area contributed by atoms with E-state index in [1.165, 1.54) is 22.4 Å². The molecular weight excluding hydrogens is 298 g/mol. The van der Waals surface area contributed by atoms with Gasteiger partial charge in [0.25, 0.3) is 0 Å². The molecule has 1 aromatic carbocycles. The Balaban J connectivity index is 2.15. The maximum Gasteiger partial charge on any atom is 0.331 e. The second kappa shape index (κ2) is 6.03. The first kappa shape index (κ1) is 14.3. The number of thioether (sulfide) groups is 1. The molecule has 2 aromatic heterocycles. The molecule has 2 heterocycles. The molecule has 1 amide bonds. The van der Waals surface area contributed by atoms with Gasteiger partial charge in [0.05, 0.1) is 22.4 Å². The minimum atomic E-state index is -0.325. The number of hydrogen-bond donors (Lipinski definition) is 1. The number of benzene rings is 1. The first-order valence-electron chi connectivity index (χ1n) is 6.61. The molecule has 22 heavy (non-hydrogen) atoms. The lowest BCUT2D eigenvalue weighted by Gasteiger charge is -2.14. The van der Waals surface area contributed by atoms with Crippen LogP contribution in [0.5, 0.6) is 0 Å². The van der Waals surface area contributed by atoms with Gasteiger partial charge in [0.1, 0.15) is 0 Å². The Morgan fingerprint density at radius 2 is 2.05 bits per heavy atom. The molecule has 1 N–H and O–H groups in total. The number of carbonyl (C=O) groups is 1. The van der Waals surface area contributed by atoms with E-state index >= 15 is 0 Å². The van der Waals surface area contributed by atoms with Crippen molar-refractivity contribution >= 4 is 34.4 Å². The molecule has 0 aliphatic rings. The lowest BCUT2D eigenvalue weighted by Crippen LogP contribution is -2.24. The van der Waals surface area contributed by atoms with Crippen molar-refractivity contribution < 1.29 is 4.79 Å². The van der Waals surface area contributed by atoms with E-state index in [4.69, 9.17) is 0 Å². The second-order valence-electron chi connectivity index (χ2n) is 4.58. The molecule has 3 rings (SSSR count). The molecule has 0 radical (unpaired) electrons. The van der Waals surface area contributed by atoms with Crippen LogP contribution in [0, 0.1) is 0 Å². The van der Waals surface area contributed by atoms with Crippen LogP contribution in [-0.2, 0) is 0 Å². The Morgan fingerprint density at radius 1 is 1.23 bits per heavy atom. The van der Waals surface area contributed by atoms with Crippen LogP contribution in [0.1, 0.15) is 0 Å². The fourth-order valence-corrected chi connectivity index (χ4v) is 2.81. The highest BCUT2D eigenvalue weighted by Crippen LogP contribution is 2.20. The predicted molar refractivity (Wildman–Crippen MR) is 88.6 cm³/mol. The lowest BCUT2D eigenvalue weighted by atomic mass is 10.2. The highest BCUT2D eigenvalue weighted by Gasteiger charge is 2.14. The quantitative estimate of drug-likeness (QED) is 0.738. The maximum atomic E-state index is 12.6. The van der Waals surface area contributed by atoms with Gasteiger partial charge in [-0.25, -0.2) is 4.79 Å². The van der Waals surface area contributed by atoms with Crippen LogP contribution in [0.15, 0.2) is 64.7 Å². The van der Waals surface area contributed by atoms with Crippen molar-refractivity contribution in [1.82, 2.24) is 9.55 Å². The van der Waals surface area contributed by atoms with Gasteiger partial charge in [-0.3, -0.25) is 14.3 Å². The summed E-state index contributed by atoms with van der Waals surface area (Å²) < 4.78 is 1.51. The molecule has 0 saturated heterocycles. The fourth-order valence-electron chi connectivity index (χ4n) is 2.23. The molecule has 0 unspecified atom stereocenters. The Morgan fingerprint density at radius 3 is 2.77 bits per heavy atom. The highest BCUT2D eigenvalue weighted by atomic mass is 32.2. The van der Waals surface area contributed by atoms with Gasteiger partial charge in [0, 0.05) is 17.6 Å². The summed E-state index contributed by atoms with van der Waals surface area (Å²) in [6, 6.07) is 11.7. The van der Waals surface area contributed by atoms with Crippen molar-refractivity contribution in [2.45, 2.75) is 5.03 Å². The average Bonchev–Trinajstić information content (AvgIpc) is 2.55. The minimum absolute atomic E-state index is 0.0922. The van der Waals surface area contributed by atoms with E-state index in [0.717, 1.165) is 0 Å². The van der Waals surface area contributed by atoms with Gasteiger partial charge in [-0.1, -0.05) is 12.1 Å². The Labute approximate surface area is 131 Å². The third-order valence-corrected chi connectivity index (χ3v) is 3.93. The smallest absolute Gasteiger partial charge is 0.306 e. The van der Waals surface area contributed by atoms with Crippen molar-refractivity contribution in [3.05, 3.63) is 65.1 Å². The molecule has 0 aliphatic heterocycles. The van der Waals surface area contributed by atoms with Gasteiger partial charge in [-0.15, -0.1) is 11.8 Å². The van der Waals surface area contributed by atoms with Gasteiger partial charge in [0.2, 0.25) is 0 Å². The first-order chi connectivity index (χ1) is 10.7. The van der Waals surface area contributed by atoms with Gasteiger partial charge in [-0.2, -0.15) is 0 Å². The SMILES string of the molecule is CSc1cc(=O)c2ccccc2n1C(=O)Nc1cccnc1. The molecule has 0 saturated carbocycles. The van der Waals surface area contributed by atoms with E-state index in [1.807, 2.05) is 6.26 Å². The van der Waals surface area contributed by atoms with Crippen LogP contribution < -0.4 is 10.7 Å². The number of para-hydroxylation sites is 1. The van der Waals surface area contributed by atoms with Crippen molar-refractivity contribution in [3.8, 4) is 0 Å². The molecule has 5 nitrogen and oxygen atoms in total. The van der Waals surface area contributed by atoms with E-state index in [1.54, 1.807) is 48.8 Å². The third kappa shape index (κ3) is 2.60. The monoisotopic (exact) mass is 311 g/mol. The van der Waals surface area contributed by atoms with Gasteiger partial charge in [0.15, 0.2) is 5.43 Å². The van der Waals surface area contributed by atoms with Crippen LogP contribution in [0.3, 0.4) is 0 Å². The van der Waals surface area contributed by atoms with Crippen LogP contribution in [-0.4, -0.2) is 21.8 Å². The summed E-state index contributed by atoms with van der Waals surface area (Å²) in [6.45, 7) is 0. The number of hydrogen-bond acceptors (Lipinski definition) is 4. The zero-order valence-corrected chi connectivity index (χ0v) is 12.6. The van der Waals surface area contributed by atoms with Gasteiger partial charge < -0.3 is 5.32 Å². The van der Waals surface area contributed by atoms with Crippen LogP contribution in [0.2, 0.25) is 0 Å². The van der Waals surface area contributed by atoms with Gasteiger partial charge in [-0.05, 0) is 30.5 Å². The first-order valence-corrected chi connectivity index (χ1v) is 7.83. The summed E-state index contributed by atoms with van der Waals surface area (Å²) in [5.74, 6) is 0. The molecule has 0 atom stereocenters. The van der Waals surface area contributed by atoms with Crippen molar-refractivity contribution in [2.24, 2.45) is 0 Å². The Kier molecular flexibility index (Phi) is 3.93. The minimum Gasteiger partial charge on any atom is -0.306 e. The largest absolute Gasteiger partial charge is 0.331 e. The molecule has 3 aromatic rings. The summed E-state index contributed by atoms with van der Waals surface area (Å²) in [7, 11) is 0. The maximum absolute atomic E-state index is 12.6. The molecule has 0 fully saturated rings. The zero-order chi connectivity index (χ0) is 15.5. The number of nitrogens with zero attached hydrogens (tertiary/aromatic N) is 2. The number of anilines is 1. The Hall–Kier alpha value is -2.60. The fraction of sp³-hybridized carbons (Fsp3) is 0.0625. The van der Waals surface area contributed by atoms with E-state index in [2.05, 4.69) is 10.3 Å². The highest BCUT2D eigenvalue weighted by molar-refractivity contribution is 7.98. The number of carbonyl (C=O) groups excluding carboxylic acids is 1. The van der Waals surface area contributed by atoms with E-state index in [9.17, 15) is 9.59 Å². The summed E-state index contributed by atoms with van der Waals surface area (Å²) in [6.07, 6.45) is 5.04. The summed E-state index contributed by atoms with van der Waals surface area (Å²) in [4.78, 5) is 28.7. The molecule has 110 valence electrons. The van der Waals surface area contributed by atoms with Crippen molar-refractivity contribution in [1.29, 1.82) is 0 Å². The topological polar surface area (TPSA) is 64.0 Å². The number of fused-ring (bicyclic) bond motifs is 1. The number of pyridine rings is 2. The summed E-state index contributed by atoms with van der Waals surface area (Å²) >= 11 is 1.35. The second-order valence-corrected chi connectivity index (χ2v) is 5.40. The number of aromatic nitrogens is 2. The van der Waals surface area contributed by atoms with Gasteiger partial charge >= 0.3 is 6.03 Å². The molecule has 0 aliphatic carbocycles. The van der Waals surface area contributed by atoms with Crippen LogP contribution in [0.4, 0.5) is 10.5 Å². The standard InChI is InChI=1S/C16H13N3O2S/c1-22-15-9-14(20)12-6-2-3-7-13(12)19(15)16(21)18-11-5-4-8-17-10-11/h2-10H,1H3,(H,18,21). The summed E-state index contributed by atoms with van der Waals surface area (Å²) in [5, 5.41) is 3.89. The summed E-state index contributed by atoms with van der Waals surface area (Å²) in [5.41, 5.74) is 1.09. The van der Waals surface area contributed by atoms with Crippen molar-refractivity contribution in [3.63, 3.8) is 0 Å². The van der Waals surface area contributed by atoms with Crippen molar-refractivity contribution in [2.75, 3.05) is 11.6 Å². The molecular formula is C16H13N3O2S. The molecule has 6 heteroatoms. The molecule has 0 bridgehead atoms. The van der Waals surface area contributed by atoms with Crippen LogP contribution in [0.25, 0.3) is 10.9 Å². The number of rotatable bonds is 2. The average molecular weight is 311 g/mol. The normalized spacial score (nSPS) is 10.6.